The minimum absolute atomic E-state index is 0. The van der Waals surface area contributed by atoms with Gasteiger partial charge >= 0.3 is 21.7 Å². The summed E-state index contributed by atoms with van der Waals surface area (Å²) in [7, 11) is 0. The molecule has 136 valence electrons. The molecule has 0 fully saturated rings. The molecule has 0 radical (unpaired) electrons. The van der Waals surface area contributed by atoms with Crippen LogP contribution in [0, 0.1) is 13.8 Å². The molecule has 0 bridgehead atoms. The van der Waals surface area contributed by atoms with E-state index in [1.165, 1.54) is 33.4 Å². The molecular weight excluding hydrogens is 418 g/mol. The van der Waals surface area contributed by atoms with Gasteiger partial charge in [-0.3, -0.25) is 0 Å². The van der Waals surface area contributed by atoms with Gasteiger partial charge in [-0.2, -0.15) is 11.6 Å². The second-order valence-corrected chi connectivity index (χ2v) is 6.12. The fourth-order valence-electron chi connectivity index (χ4n) is 3.33. The van der Waals surface area contributed by atoms with E-state index in [2.05, 4.69) is 87.5 Å². The Morgan fingerprint density at radius 1 is 0.769 bits per heavy atom. The number of aryl methyl sites for hydroxylation is 3. The third kappa shape index (κ3) is 6.22. The van der Waals surface area contributed by atoms with E-state index in [1.807, 2.05) is 0 Å². The second kappa shape index (κ2) is 12.7. The number of halogens is 3. The van der Waals surface area contributed by atoms with Gasteiger partial charge in [-0.05, 0) is 30.9 Å². The Kier molecular flexibility index (Phi) is 13.5. The van der Waals surface area contributed by atoms with Gasteiger partial charge in [-0.1, -0.05) is 73.0 Å². The summed E-state index contributed by atoms with van der Waals surface area (Å²) in [6.07, 6.45) is 1.08. The van der Waals surface area contributed by atoms with E-state index in [1.54, 1.807) is 0 Å². The van der Waals surface area contributed by atoms with E-state index >= 15 is 0 Å². The zero-order chi connectivity index (χ0) is 15.5. The van der Waals surface area contributed by atoms with Crippen molar-refractivity contribution in [1.29, 1.82) is 0 Å². The largest absolute Gasteiger partial charge is 4.00 e. The van der Waals surface area contributed by atoms with Crippen LogP contribution in [-0.4, -0.2) is 0 Å². The Hall–Kier alpha value is -0.626. The van der Waals surface area contributed by atoms with Crippen molar-refractivity contribution in [3.05, 3.63) is 100 Å². The Balaban J connectivity index is 0. The molecule has 0 aliphatic heterocycles. The molecule has 0 atom stereocenters. The predicted octanol–water partition coefficient (Wildman–Crippen LogP) is -3.23. The van der Waals surface area contributed by atoms with Gasteiger partial charge in [0.05, 0.1) is 0 Å². The van der Waals surface area contributed by atoms with Crippen LogP contribution in [0.2, 0.25) is 0 Å². The number of hydrogen-bond acceptors (Lipinski definition) is 0. The van der Waals surface area contributed by atoms with Crippen molar-refractivity contribution >= 4 is 0 Å². The normalized spacial score (nSPS) is 9.38. The van der Waals surface area contributed by atoms with Gasteiger partial charge in [0.1, 0.15) is 0 Å². The molecular formula is C22H23Cl3Ti. The van der Waals surface area contributed by atoms with E-state index in [-0.39, 0.29) is 58.9 Å². The zero-order valence-electron chi connectivity index (χ0n) is 15.3. The van der Waals surface area contributed by atoms with Crippen molar-refractivity contribution in [2.45, 2.75) is 33.1 Å². The summed E-state index contributed by atoms with van der Waals surface area (Å²) in [5.74, 6) is 0.324. The van der Waals surface area contributed by atoms with Gasteiger partial charge in [0.15, 0.2) is 0 Å². The van der Waals surface area contributed by atoms with E-state index in [0.29, 0.717) is 5.92 Å². The third-order valence-electron chi connectivity index (χ3n) is 4.39. The summed E-state index contributed by atoms with van der Waals surface area (Å²) in [6, 6.07) is 24.6. The molecule has 3 aromatic rings. The average molecular weight is 442 g/mol. The molecule has 0 saturated carbocycles. The molecule has 0 amide bonds. The fraction of sp³-hybridized carbons (Fsp3) is 0.227. The molecule has 0 spiro atoms. The summed E-state index contributed by atoms with van der Waals surface area (Å²) in [5, 5.41) is 0. The molecule has 0 saturated heterocycles. The Bertz CT molecular complexity index is 735. The monoisotopic (exact) mass is 440 g/mol. The molecule has 3 rings (SSSR count). The minimum Gasteiger partial charge on any atom is -1.00 e. The SMILES string of the molecule is CCc1ccc[c-]1C(c1cccc(C)c1)c1cccc(C)c1.[Cl-].[Cl-].[Cl-].[Ti+4]. The number of benzene rings is 2. The summed E-state index contributed by atoms with van der Waals surface area (Å²) in [5.41, 5.74) is 8.30. The van der Waals surface area contributed by atoms with Gasteiger partial charge in [0, 0.05) is 0 Å². The molecule has 0 aliphatic rings. The van der Waals surface area contributed by atoms with Crippen molar-refractivity contribution in [2.75, 3.05) is 0 Å². The Morgan fingerprint density at radius 2 is 1.27 bits per heavy atom. The van der Waals surface area contributed by atoms with Crippen LogP contribution in [0.5, 0.6) is 0 Å². The predicted molar refractivity (Wildman–Crippen MR) is 94.7 cm³/mol. The maximum atomic E-state index is 2.32. The molecule has 4 heteroatoms. The molecule has 0 aromatic heterocycles. The first-order valence-corrected chi connectivity index (χ1v) is 8.06. The van der Waals surface area contributed by atoms with Crippen LogP contribution in [-0.2, 0) is 28.1 Å². The number of hydrogen-bond donors (Lipinski definition) is 0. The molecule has 3 aromatic carbocycles. The minimum atomic E-state index is 0. The van der Waals surface area contributed by atoms with Gasteiger partial charge in [-0.25, -0.2) is 12.1 Å². The van der Waals surface area contributed by atoms with Gasteiger partial charge in [0.2, 0.25) is 0 Å². The molecule has 0 N–H and O–H groups in total. The van der Waals surface area contributed by atoms with E-state index in [4.69, 9.17) is 0 Å². The molecule has 0 unspecified atom stereocenters. The quantitative estimate of drug-likeness (QED) is 0.295. The van der Waals surface area contributed by atoms with E-state index < -0.39 is 0 Å². The third-order valence-corrected chi connectivity index (χ3v) is 4.39. The van der Waals surface area contributed by atoms with Crippen molar-refractivity contribution in [3.63, 3.8) is 0 Å². The van der Waals surface area contributed by atoms with E-state index in [0.717, 1.165) is 6.42 Å². The summed E-state index contributed by atoms with van der Waals surface area (Å²) < 4.78 is 0. The molecule has 0 aliphatic carbocycles. The number of rotatable bonds is 4. The average Bonchev–Trinajstić information content (AvgIpc) is 2.96. The zero-order valence-corrected chi connectivity index (χ0v) is 19.1. The smallest absolute Gasteiger partial charge is 1.00 e. The first-order chi connectivity index (χ1) is 10.7. The molecule has 0 heterocycles. The second-order valence-electron chi connectivity index (χ2n) is 6.12. The van der Waals surface area contributed by atoms with Crippen molar-refractivity contribution in [1.82, 2.24) is 0 Å². The van der Waals surface area contributed by atoms with E-state index in [9.17, 15) is 0 Å². The summed E-state index contributed by atoms with van der Waals surface area (Å²) >= 11 is 0. The first-order valence-electron chi connectivity index (χ1n) is 8.06. The summed E-state index contributed by atoms with van der Waals surface area (Å²) in [4.78, 5) is 0. The van der Waals surface area contributed by atoms with Crippen LogP contribution in [0.1, 0.15) is 46.2 Å². The van der Waals surface area contributed by atoms with Crippen molar-refractivity contribution in [3.8, 4) is 0 Å². The van der Waals surface area contributed by atoms with Crippen LogP contribution < -0.4 is 37.2 Å². The van der Waals surface area contributed by atoms with Crippen LogP contribution >= 0.6 is 0 Å². The van der Waals surface area contributed by atoms with Gasteiger partial charge < -0.3 is 37.2 Å². The van der Waals surface area contributed by atoms with Crippen LogP contribution in [0.15, 0.2) is 66.7 Å². The fourth-order valence-corrected chi connectivity index (χ4v) is 3.33. The van der Waals surface area contributed by atoms with Crippen LogP contribution in [0.25, 0.3) is 0 Å². The Labute approximate surface area is 191 Å². The topological polar surface area (TPSA) is 0 Å². The maximum absolute atomic E-state index is 2.32. The van der Waals surface area contributed by atoms with Crippen LogP contribution in [0.3, 0.4) is 0 Å². The Morgan fingerprint density at radius 3 is 1.69 bits per heavy atom. The summed E-state index contributed by atoms with van der Waals surface area (Å²) in [6.45, 7) is 6.58. The van der Waals surface area contributed by atoms with Crippen molar-refractivity contribution < 1.29 is 58.9 Å². The maximum Gasteiger partial charge on any atom is 4.00 e. The first kappa shape index (κ1) is 27.6. The van der Waals surface area contributed by atoms with Crippen LogP contribution in [0.4, 0.5) is 0 Å². The van der Waals surface area contributed by atoms with Gasteiger partial charge in [-0.15, -0.1) is 5.56 Å². The standard InChI is InChI=1S/C22H23.3ClH.Ti/c1-4-18-10-7-13-21(18)22(19-11-5-8-16(2)14-19)20-12-6-9-17(3)15-20;;;;/h5-15,22H,4H2,1-3H3;3*1H;/q-1;;;;+4/p-3. The van der Waals surface area contributed by atoms with Gasteiger partial charge in [0.25, 0.3) is 0 Å². The molecule has 0 nitrogen and oxygen atoms in total. The molecule has 26 heavy (non-hydrogen) atoms. The van der Waals surface area contributed by atoms with Crippen molar-refractivity contribution in [2.24, 2.45) is 0 Å².